The van der Waals surface area contributed by atoms with Crippen LogP contribution in [0.2, 0.25) is 0 Å². The van der Waals surface area contributed by atoms with Crippen LogP contribution >= 0.6 is 0 Å². The molecule has 4 nitrogen and oxygen atoms in total. The Morgan fingerprint density at radius 1 is 1.32 bits per heavy atom. The van der Waals surface area contributed by atoms with E-state index in [1.165, 1.54) is 19.3 Å². The van der Waals surface area contributed by atoms with E-state index >= 15 is 0 Å². The Kier molecular flexibility index (Phi) is 3.49. The molecular formula is C15H18N2O2. The van der Waals surface area contributed by atoms with E-state index in [1.807, 2.05) is 30.3 Å². The van der Waals surface area contributed by atoms with Gasteiger partial charge in [0, 0.05) is 5.71 Å². The van der Waals surface area contributed by atoms with Crippen molar-refractivity contribution in [3.8, 4) is 0 Å². The van der Waals surface area contributed by atoms with Gasteiger partial charge >= 0.3 is 6.09 Å². The third-order valence-electron chi connectivity index (χ3n) is 4.01. The zero-order valence-electron chi connectivity index (χ0n) is 10.8. The first-order valence-corrected chi connectivity index (χ1v) is 6.84. The lowest BCUT2D eigenvalue weighted by Gasteiger charge is -2.11. The maximum absolute atomic E-state index is 11.5. The average Bonchev–Trinajstić information content (AvgIpc) is 3.06. The average molecular weight is 258 g/mol. The Balaban J connectivity index is 1.46. The molecule has 0 spiro atoms. The molecule has 0 radical (unpaired) electrons. The molecule has 2 bridgehead atoms. The van der Waals surface area contributed by atoms with Crippen LogP contribution in [0.4, 0.5) is 4.79 Å². The quantitative estimate of drug-likeness (QED) is 0.847. The predicted molar refractivity (Wildman–Crippen MR) is 72.6 cm³/mol. The smallest absolute Gasteiger partial charge is 0.428 e. The number of benzene rings is 1. The van der Waals surface area contributed by atoms with Crippen LogP contribution in [0, 0.1) is 11.8 Å². The fourth-order valence-corrected chi connectivity index (χ4v) is 3.04. The number of carbonyl (C=O) groups excluding carboxylic acids is 1. The van der Waals surface area contributed by atoms with Crippen molar-refractivity contribution in [3.05, 3.63) is 35.9 Å². The third kappa shape index (κ3) is 2.95. The molecule has 0 aromatic heterocycles. The van der Waals surface area contributed by atoms with Crippen LogP contribution in [0.15, 0.2) is 35.4 Å². The van der Waals surface area contributed by atoms with Crippen LogP contribution in [-0.2, 0) is 11.3 Å². The van der Waals surface area contributed by atoms with Crippen LogP contribution in [0.3, 0.4) is 0 Å². The van der Waals surface area contributed by atoms with Crippen molar-refractivity contribution in [1.82, 2.24) is 5.43 Å². The molecule has 1 aromatic rings. The van der Waals surface area contributed by atoms with E-state index in [4.69, 9.17) is 4.74 Å². The number of nitrogens with one attached hydrogen (secondary N) is 1. The SMILES string of the molecule is O=C(NN=C1CC2CCC1C2)OCc1ccccc1. The summed E-state index contributed by atoms with van der Waals surface area (Å²) in [6, 6.07) is 9.63. The molecule has 2 aliphatic rings. The van der Waals surface area contributed by atoms with Crippen molar-refractivity contribution >= 4 is 11.8 Å². The number of ether oxygens (including phenoxy) is 1. The normalized spacial score (nSPS) is 26.6. The third-order valence-corrected chi connectivity index (χ3v) is 4.01. The van der Waals surface area contributed by atoms with E-state index in [-0.39, 0.29) is 6.61 Å². The lowest BCUT2D eigenvalue weighted by Crippen LogP contribution is -2.22. The lowest BCUT2D eigenvalue weighted by atomic mass is 9.99. The molecule has 0 aliphatic heterocycles. The number of amides is 1. The first kappa shape index (κ1) is 12.2. The van der Waals surface area contributed by atoms with Crippen molar-refractivity contribution in [2.75, 3.05) is 0 Å². The molecule has 2 saturated carbocycles. The molecule has 3 rings (SSSR count). The minimum atomic E-state index is -0.473. The molecule has 2 aliphatic carbocycles. The fourth-order valence-electron chi connectivity index (χ4n) is 3.04. The van der Waals surface area contributed by atoms with Crippen molar-refractivity contribution in [2.45, 2.75) is 32.3 Å². The Hall–Kier alpha value is -1.84. The summed E-state index contributed by atoms with van der Waals surface area (Å²) in [4.78, 5) is 11.5. The van der Waals surface area contributed by atoms with Gasteiger partial charge in [0.1, 0.15) is 6.61 Å². The maximum Gasteiger partial charge on any atom is 0.428 e. The number of hydrogen-bond acceptors (Lipinski definition) is 3. The van der Waals surface area contributed by atoms with E-state index in [0.717, 1.165) is 23.6 Å². The van der Waals surface area contributed by atoms with Gasteiger partial charge in [0.05, 0.1) is 0 Å². The molecule has 1 N–H and O–H groups in total. The van der Waals surface area contributed by atoms with E-state index < -0.39 is 6.09 Å². The zero-order valence-corrected chi connectivity index (χ0v) is 10.8. The fraction of sp³-hybridized carbons (Fsp3) is 0.467. The molecule has 4 heteroatoms. The molecule has 2 fully saturated rings. The highest BCUT2D eigenvalue weighted by Crippen LogP contribution is 2.42. The Morgan fingerprint density at radius 2 is 2.16 bits per heavy atom. The van der Waals surface area contributed by atoms with Gasteiger partial charge in [-0.1, -0.05) is 30.3 Å². The van der Waals surface area contributed by atoms with Crippen LogP contribution in [0.5, 0.6) is 0 Å². The van der Waals surface area contributed by atoms with Gasteiger partial charge in [-0.25, -0.2) is 10.2 Å². The Bertz CT molecular complexity index is 484. The van der Waals surface area contributed by atoms with Crippen LogP contribution in [-0.4, -0.2) is 11.8 Å². The maximum atomic E-state index is 11.5. The summed E-state index contributed by atoms with van der Waals surface area (Å²) in [5.74, 6) is 1.39. The number of fused-ring (bicyclic) bond motifs is 2. The summed E-state index contributed by atoms with van der Waals surface area (Å²) in [7, 11) is 0. The van der Waals surface area contributed by atoms with Gasteiger partial charge in [-0.3, -0.25) is 0 Å². The van der Waals surface area contributed by atoms with Gasteiger partial charge in [0.25, 0.3) is 0 Å². The summed E-state index contributed by atoms with van der Waals surface area (Å²) in [6.07, 6.45) is 4.37. The van der Waals surface area contributed by atoms with Crippen molar-refractivity contribution in [1.29, 1.82) is 0 Å². The van der Waals surface area contributed by atoms with Gasteiger partial charge in [-0.2, -0.15) is 5.10 Å². The van der Waals surface area contributed by atoms with Crippen LogP contribution in [0.1, 0.15) is 31.2 Å². The largest absolute Gasteiger partial charge is 0.443 e. The topological polar surface area (TPSA) is 50.7 Å². The van der Waals surface area contributed by atoms with Gasteiger partial charge < -0.3 is 4.74 Å². The molecule has 100 valence electrons. The number of rotatable bonds is 3. The number of nitrogens with zero attached hydrogens (tertiary/aromatic N) is 1. The lowest BCUT2D eigenvalue weighted by molar-refractivity contribution is 0.140. The second kappa shape index (κ2) is 5.43. The predicted octanol–water partition coefficient (Wildman–Crippen LogP) is 3.09. The van der Waals surface area contributed by atoms with Gasteiger partial charge in [0.2, 0.25) is 0 Å². The Morgan fingerprint density at radius 3 is 2.84 bits per heavy atom. The number of carbonyl (C=O) groups is 1. The second-order valence-corrected chi connectivity index (χ2v) is 5.36. The van der Waals surface area contributed by atoms with Gasteiger partial charge in [-0.05, 0) is 43.1 Å². The Labute approximate surface area is 112 Å². The van der Waals surface area contributed by atoms with Gasteiger partial charge in [0.15, 0.2) is 0 Å². The van der Waals surface area contributed by atoms with Crippen LogP contribution in [0.25, 0.3) is 0 Å². The highest BCUT2D eigenvalue weighted by molar-refractivity contribution is 5.90. The molecule has 2 unspecified atom stereocenters. The molecule has 1 amide bonds. The molecule has 19 heavy (non-hydrogen) atoms. The summed E-state index contributed by atoms with van der Waals surface area (Å²) in [5.41, 5.74) is 4.63. The van der Waals surface area contributed by atoms with Crippen molar-refractivity contribution < 1.29 is 9.53 Å². The van der Waals surface area contributed by atoms with Crippen LogP contribution < -0.4 is 5.43 Å². The number of hydrogen-bond donors (Lipinski definition) is 1. The molecule has 2 atom stereocenters. The summed E-state index contributed by atoms with van der Waals surface area (Å²) >= 11 is 0. The minimum Gasteiger partial charge on any atom is -0.443 e. The van der Waals surface area contributed by atoms with E-state index in [1.54, 1.807) is 0 Å². The van der Waals surface area contributed by atoms with Crippen molar-refractivity contribution in [3.63, 3.8) is 0 Å². The summed E-state index contributed by atoms with van der Waals surface area (Å²) in [6.45, 7) is 0.281. The van der Waals surface area contributed by atoms with Gasteiger partial charge in [-0.15, -0.1) is 0 Å². The monoisotopic (exact) mass is 258 g/mol. The van der Waals surface area contributed by atoms with E-state index in [0.29, 0.717) is 5.92 Å². The number of hydrazone groups is 1. The highest BCUT2D eigenvalue weighted by atomic mass is 16.5. The van der Waals surface area contributed by atoms with Crippen molar-refractivity contribution in [2.24, 2.45) is 16.9 Å². The van der Waals surface area contributed by atoms with E-state index in [9.17, 15) is 4.79 Å². The molecule has 0 saturated heterocycles. The first-order chi connectivity index (χ1) is 9.31. The second-order valence-electron chi connectivity index (χ2n) is 5.36. The first-order valence-electron chi connectivity index (χ1n) is 6.84. The molecular weight excluding hydrogens is 240 g/mol. The highest BCUT2D eigenvalue weighted by Gasteiger charge is 2.36. The zero-order chi connectivity index (χ0) is 13.1. The van der Waals surface area contributed by atoms with E-state index in [2.05, 4.69) is 10.5 Å². The summed E-state index contributed by atoms with van der Waals surface area (Å²) in [5, 5.41) is 4.21. The molecule has 0 heterocycles. The molecule has 1 aromatic carbocycles. The minimum absolute atomic E-state index is 0.281. The summed E-state index contributed by atoms with van der Waals surface area (Å²) < 4.78 is 5.11. The standard InChI is InChI=1S/C15H18N2O2/c18-15(19-10-11-4-2-1-3-5-11)17-16-14-9-12-6-7-13(14)8-12/h1-5,12-13H,6-10H2,(H,17,18).